The molecule has 1 rings (SSSR count). The number of rotatable bonds is 1. The summed E-state index contributed by atoms with van der Waals surface area (Å²) in [4.78, 5) is 21.5. The van der Waals surface area contributed by atoms with Crippen LogP contribution in [-0.2, 0) is 0 Å². The summed E-state index contributed by atoms with van der Waals surface area (Å²) >= 11 is 3.05. The van der Waals surface area contributed by atoms with E-state index in [4.69, 9.17) is 5.73 Å². The molecule has 0 bridgehead atoms. The van der Waals surface area contributed by atoms with Crippen molar-refractivity contribution in [2.75, 3.05) is 0 Å². The van der Waals surface area contributed by atoms with Gasteiger partial charge in [-0.3, -0.25) is 10.2 Å². The fourth-order valence-electron chi connectivity index (χ4n) is 0.859. The van der Waals surface area contributed by atoms with E-state index in [9.17, 15) is 14.0 Å². The number of hydrogen-bond donors (Lipinski definition) is 3. The molecule has 1 aromatic rings. The third kappa shape index (κ3) is 3.21. The first kappa shape index (κ1) is 11.4. The summed E-state index contributed by atoms with van der Waals surface area (Å²) in [5.41, 5.74) is 8.31. The Labute approximate surface area is 92.9 Å². The molecule has 0 aliphatic rings. The maximum atomic E-state index is 13.2. The Morgan fingerprint density at radius 1 is 1.33 bits per heavy atom. The minimum atomic E-state index is -0.930. The number of urea groups is 1. The second-order valence-corrected chi connectivity index (χ2v) is 3.48. The van der Waals surface area contributed by atoms with Gasteiger partial charge in [-0.15, -0.1) is 0 Å². The number of carbonyl (C=O) groups is 2. The van der Waals surface area contributed by atoms with Crippen LogP contribution in [0.3, 0.4) is 0 Å². The number of nitrogens with one attached hydrogen (secondary N) is 2. The Morgan fingerprint density at radius 3 is 2.53 bits per heavy atom. The molecule has 5 nitrogen and oxygen atoms in total. The maximum Gasteiger partial charge on any atom is 0.330 e. The number of halogens is 2. The topological polar surface area (TPSA) is 84.2 Å². The predicted molar refractivity (Wildman–Crippen MR) is 54.3 cm³/mol. The van der Waals surface area contributed by atoms with Gasteiger partial charge in [-0.2, -0.15) is 0 Å². The van der Waals surface area contributed by atoms with Crippen LogP contribution in [0.1, 0.15) is 10.4 Å². The van der Waals surface area contributed by atoms with Gasteiger partial charge in [0.15, 0.2) is 0 Å². The average molecular weight is 276 g/mol. The summed E-state index contributed by atoms with van der Waals surface area (Å²) in [6.45, 7) is 0. The Morgan fingerprint density at radius 2 is 2.00 bits per heavy atom. The maximum absolute atomic E-state index is 13.2. The summed E-state index contributed by atoms with van der Waals surface area (Å²) in [7, 11) is 0. The Balaban J connectivity index is 2.78. The number of hydrazine groups is 1. The van der Waals surface area contributed by atoms with Crippen LogP contribution in [0.15, 0.2) is 22.7 Å². The Hall–Kier alpha value is -1.63. The molecule has 0 aliphatic carbocycles. The first-order chi connectivity index (χ1) is 7.00. The van der Waals surface area contributed by atoms with Gasteiger partial charge in [0.2, 0.25) is 0 Å². The molecule has 0 saturated carbocycles. The standard InChI is InChI=1S/C8H7BrFN3O2/c9-4-1-2-5(6(10)3-4)7(14)12-13-8(11)15/h1-3H,(H,12,14)(H3,11,13,15). The molecule has 0 spiro atoms. The molecule has 15 heavy (non-hydrogen) atoms. The van der Waals surface area contributed by atoms with Crippen molar-refractivity contribution in [2.45, 2.75) is 0 Å². The van der Waals surface area contributed by atoms with Crippen LogP contribution in [0, 0.1) is 5.82 Å². The second kappa shape index (κ2) is 4.74. The van der Waals surface area contributed by atoms with E-state index in [1.807, 2.05) is 10.9 Å². The van der Waals surface area contributed by atoms with E-state index in [2.05, 4.69) is 15.9 Å². The normalized spacial score (nSPS) is 9.47. The van der Waals surface area contributed by atoms with Gasteiger partial charge in [-0.1, -0.05) is 15.9 Å². The third-order valence-corrected chi connectivity index (χ3v) is 1.97. The van der Waals surface area contributed by atoms with E-state index in [0.717, 1.165) is 6.07 Å². The monoisotopic (exact) mass is 275 g/mol. The largest absolute Gasteiger partial charge is 0.350 e. The molecule has 0 aromatic heterocycles. The molecule has 3 amide bonds. The van der Waals surface area contributed by atoms with E-state index in [1.54, 1.807) is 0 Å². The third-order valence-electron chi connectivity index (χ3n) is 1.47. The quantitative estimate of drug-likeness (QED) is 0.666. The molecule has 1 aromatic carbocycles. The first-order valence-electron chi connectivity index (χ1n) is 3.81. The van der Waals surface area contributed by atoms with Gasteiger partial charge in [0.05, 0.1) is 5.56 Å². The molecule has 0 atom stereocenters. The average Bonchev–Trinajstić information content (AvgIpc) is 2.14. The van der Waals surface area contributed by atoms with Gasteiger partial charge in [0.25, 0.3) is 5.91 Å². The van der Waals surface area contributed by atoms with E-state index in [0.29, 0.717) is 4.47 Å². The molecular weight excluding hydrogens is 269 g/mol. The first-order valence-corrected chi connectivity index (χ1v) is 4.61. The predicted octanol–water partition coefficient (Wildman–Crippen LogP) is 0.901. The lowest BCUT2D eigenvalue weighted by Gasteiger charge is -2.05. The summed E-state index contributed by atoms with van der Waals surface area (Å²) in [5, 5.41) is 0. The van der Waals surface area contributed by atoms with Crippen LogP contribution in [-0.4, -0.2) is 11.9 Å². The van der Waals surface area contributed by atoms with Crippen molar-refractivity contribution >= 4 is 27.9 Å². The lowest BCUT2D eigenvalue weighted by atomic mass is 10.2. The summed E-state index contributed by atoms with van der Waals surface area (Å²) in [5.74, 6) is -1.48. The van der Waals surface area contributed by atoms with Crippen molar-refractivity contribution in [3.8, 4) is 0 Å². The Kier molecular flexibility index (Phi) is 3.62. The number of hydrogen-bond acceptors (Lipinski definition) is 2. The number of nitrogens with two attached hydrogens (primary N) is 1. The van der Waals surface area contributed by atoms with Crippen LogP contribution < -0.4 is 16.6 Å². The molecule has 0 fully saturated rings. The van der Waals surface area contributed by atoms with E-state index >= 15 is 0 Å². The Bertz CT molecular complexity index is 411. The SMILES string of the molecule is NC(=O)NNC(=O)c1ccc(Br)cc1F. The van der Waals surface area contributed by atoms with Crippen molar-refractivity contribution in [1.29, 1.82) is 0 Å². The van der Waals surface area contributed by atoms with Crippen molar-refractivity contribution in [1.82, 2.24) is 10.9 Å². The van der Waals surface area contributed by atoms with Gasteiger partial charge >= 0.3 is 6.03 Å². The van der Waals surface area contributed by atoms with Crippen molar-refractivity contribution in [2.24, 2.45) is 5.73 Å². The molecule has 0 aliphatic heterocycles. The van der Waals surface area contributed by atoms with Crippen molar-refractivity contribution in [3.63, 3.8) is 0 Å². The second-order valence-electron chi connectivity index (χ2n) is 2.57. The minimum absolute atomic E-state index is 0.188. The van der Waals surface area contributed by atoms with E-state index < -0.39 is 17.8 Å². The number of primary amides is 1. The van der Waals surface area contributed by atoms with Crippen LogP contribution in [0.5, 0.6) is 0 Å². The molecule has 0 radical (unpaired) electrons. The zero-order chi connectivity index (χ0) is 11.4. The van der Waals surface area contributed by atoms with Crippen LogP contribution in [0.4, 0.5) is 9.18 Å². The van der Waals surface area contributed by atoms with Crippen molar-refractivity contribution in [3.05, 3.63) is 34.1 Å². The zero-order valence-electron chi connectivity index (χ0n) is 7.38. The molecule has 0 heterocycles. The highest BCUT2D eigenvalue weighted by Crippen LogP contribution is 2.14. The summed E-state index contributed by atoms with van der Waals surface area (Å²) in [6, 6.07) is 2.99. The molecule has 0 saturated heterocycles. The van der Waals surface area contributed by atoms with Crippen LogP contribution in [0.25, 0.3) is 0 Å². The highest BCUT2D eigenvalue weighted by Gasteiger charge is 2.11. The fraction of sp³-hybridized carbons (Fsp3) is 0. The zero-order valence-corrected chi connectivity index (χ0v) is 8.97. The van der Waals surface area contributed by atoms with Crippen LogP contribution >= 0.6 is 15.9 Å². The smallest absolute Gasteiger partial charge is 0.330 e. The molecule has 7 heteroatoms. The summed E-state index contributed by atoms with van der Waals surface area (Å²) < 4.78 is 13.7. The lowest BCUT2D eigenvalue weighted by molar-refractivity contribution is 0.0933. The number of amides is 3. The van der Waals surface area contributed by atoms with E-state index in [-0.39, 0.29) is 5.56 Å². The summed E-state index contributed by atoms with van der Waals surface area (Å²) in [6.07, 6.45) is 0. The molecule has 80 valence electrons. The molecule has 4 N–H and O–H groups in total. The van der Waals surface area contributed by atoms with Gasteiger partial charge in [-0.05, 0) is 18.2 Å². The lowest BCUT2D eigenvalue weighted by Crippen LogP contribution is -2.44. The van der Waals surface area contributed by atoms with Gasteiger partial charge in [0.1, 0.15) is 5.82 Å². The van der Waals surface area contributed by atoms with Crippen LogP contribution in [0.2, 0.25) is 0 Å². The highest BCUT2D eigenvalue weighted by atomic mass is 79.9. The fourth-order valence-corrected chi connectivity index (χ4v) is 1.19. The number of carbonyl (C=O) groups excluding carboxylic acids is 2. The number of benzene rings is 1. The highest BCUT2D eigenvalue weighted by molar-refractivity contribution is 9.10. The van der Waals surface area contributed by atoms with E-state index in [1.165, 1.54) is 12.1 Å². The van der Waals surface area contributed by atoms with Gasteiger partial charge in [0, 0.05) is 4.47 Å². The minimum Gasteiger partial charge on any atom is -0.350 e. The van der Waals surface area contributed by atoms with Crippen molar-refractivity contribution < 1.29 is 14.0 Å². The van der Waals surface area contributed by atoms with Gasteiger partial charge < -0.3 is 5.73 Å². The van der Waals surface area contributed by atoms with Gasteiger partial charge in [-0.25, -0.2) is 14.6 Å². The molecular formula is C8H7BrFN3O2. The molecule has 0 unspecified atom stereocenters.